The summed E-state index contributed by atoms with van der Waals surface area (Å²) in [6, 6.07) is 3.99. The summed E-state index contributed by atoms with van der Waals surface area (Å²) in [5.41, 5.74) is 0.459. The van der Waals surface area contributed by atoms with Gasteiger partial charge >= 0.3 is 6.09 Å². The van der Waals surface area contributed by atoms with E-state index in [2.05, 4.69) is 6.07 Å². The molecule has 21 heavy (non-hydrogen) atoms. The van der Waals surface area contributed by atoms with Crippen LogP contribution >= 0.6 is 22.9 Å². The highest BCUT2D eigenvalue weighted by molar-refractivity contribution is 7.16. The van der Waals surface area contributed by atoms with Gasteiger partial charge in [-0.3, -0.25) is 0 Å². The molecule has 3 heterocycles. The first-order chi connectivity index (χ1) is 9.97. The number of hydrogen-bond donors (Lipinski definition) is 1. The Hall–Kier alpha value is -1.29. The Morgan fingerprint density at radius 1 is 1.71 bits per heavy atom. The number of halogens is 1. The van der Waals surface area contributed by atoms with Crippen molar-refractivity contribution in [3.05, 3.63) is 20.8 Å². The molecule has 1 N–H and O–H groups in total. The van der Waals surface area contributed by atoms with Crippen LogP contribution in [-0.2, 0) is 10.3 Å². The molecule has 3 rings (SSSR count). The highest BCUT2D eigenvalue weighted by atomic mass is 35.5. The van der Waals surface area contributed by atoms with Crippen LogP contribution in [0, 0.1) is 11.3 Å². The smallest absolute Gasteiger partial charge is 0.407 e. The van der Waals surface area contributed by atoms with Crippen molar-refractivity contribution in [2.24, 2.45) is 0 Å². The Morgan fingerprint density at radius 3 is 3.10 bits per heavy atom. The Bertz CT molecular complexity index is 626. The van der Waals surface area contributed by atoms with Crippen molar-refractivity contribution in [1.29, 1.82) is 5.26 Å². The summed E-state index contributed by atoms with van der Waals surface area (Å²) in [5, 5.41) is 18.4. The maximum Gasteiger partial charge on any atom is 0.407 e. The number of thiophene rings is 1. The minimum atomic E-state index is -0.896. The highest BCUT2D eigenvalue weighted by Gasteiger charge is 2.47. The fourth-order valence-electron chi connectivity index (χ4n) is 3.33. The van der Waals surface area contributed by atoms with Gasteiger partial charge in [-0.1, -0.05) is 11.6 Å². The highest BCUT2D eigenvalue weighted by Crippen LogP contribution is 2.50. The van der Waals surface area contributed by atoms with Gasteiger partial charge in [0.1, 0.15) is 5.60 Å². The fraction of sp³-hybridized carbons (Fsp3) is 0.571. The van der Waals surface area contributed by atoms with Crippen molar-refractivity contribution < 1.29 is 14.6 Å². The lowest BCUT2D eigenvalue weighted by molar-refractivity contribution is -0.107. The molecule has 1 saturated heterocycles. The predicted octanol–water partition coefficient (Wildman–Crippen LogP) is 3.40. The summed E-state index contributed by atoms with van der Waals surface area (Å²) < 4.78 is 6.71. The topological polar surface area (TPSA) is 73.6 Å². The number of rotatable bonds is 0. The first kappa shape index (κ1) is 14.6. The van der Waals surface area contributed by atoms with E-state index in [1.807, 2.05) is 13.0 Å². The molecule has 2 aliphatic rings. The number of amides is 1. The molecule has 1 aromatic heterocycles. The number of ether oxygens (including phenoxy) is 1. The third-order valence-corrected chi connectivity index (χ3v) is 5.83. The van der Waals surface area contributed by atoms with Gasteiger partial charge in [-0.2, -0.15) is 5.26 Å². The number of nitrogens with zero attached hydrogens (tertiary/aromatic N) is 2. The van der Waals surface area contributed by atoms with Crippen molar-refractivity contribution >= 4 is 29.0 Å². The van der Waals surface area contributed by atoms with E-state index in [0.717, 1.165) is 10.4 Å². The molecule has 5 nitrogen and oxygen atoms in total. The van der Waals surface area contributed by atoms with E-state index >= 15 is 0 Å². The SMILES string of the molecule is C[C@H]1CC2(CCN1C(=O)O)OCC(C#N)c1cc(Cl)sc12. The molecule has 0 bridgehead atoms. The zero-order chi connectivity index (χ0) is 15.2. The summed E-state index contributed by atoms with van der Waals surface area (Å²) in [6.07, 6.45) is 0.305. The van der Waals surface area contributed by atoms with Gasteiger partial charge in [0.05, 0.1) is 22.9 Å². The van der Waals surface area contributed by atoms with E-state index in [-0.39, 0.29) is 12.0 Å². The second-order valence-electron chi connectivity index (χ2n) is 5.60. The molecule has 1 fully saturated rings. The monoisotopic (exact) mass is 326 g/mol. The number of carboxylic acid groups (broad SMARTS) is 1. The van der Waals surface area contributed by atoms with E-state index in [0.29, 0.717) is 30.3 Å². The van der Waals surface area contributed by atoms with Crippen LogP contribution in [0.2, 0.25) is 4.34 Å². The third kappa shape index (κ3) is 2.30. The molecule has 112 valence electrons. The summed E-state index contributed by atoms with van der Waals surface area (Å²) in [4.78, 5) is 13.7. The van der Waals surface area contributed by atoms with E-state index in [1.165, 1.54) is 16.2 Å². The maximum atomic E-state index is 11.2. The largest absolute Gasteiger partial charge is 0.465 e. The van der Waals surface area contributed by atoms with E-state index in [1.54, 1.807) is 0 Å². The van der Waals surface area contributed by atoms with Crippen molar-refractivity contribution in [3.8, 4) is 6.07 Å². The number of hydrogen-bond acceptors (Lipinski definition) is 4. The molecular weight excluding hydrogens is 312 g/mol. The fourth-order valence-corrected chi connectivity index (χ4v) is 4.81. The summed E-state index contributed by atoms with van der Waals surface area (Å²) in [5.74, 6) is -0.290. The Labute approximate surface area is 131 Å². The van der Waals surface area contributed by atoms with Gasteiger partial charge in [-0.25, -0.2) is 4.79 Å². The normalized spacial score (nSPS) is 31.8. The van der Waals surface area contributed by atoms with Crippen LogP contribution < -0.4 is 0 Å². The van der Waals surface area contributed by atoms with Crippen LogP contribution in [-0.4, -0.2) is 35.3 Å². The van der Waals surface area contributed by atoms with Crippen LogP contribution in [0.15, 0.2) is 6.07 Å². The Kier molecular flexibility index (Phi) is 3.60. The first-order valence-corrected chi connectivity index (χ1v) is 7.99. The zero-order valence-corrected chi connectivity index (χ0v) is 13.1. The summed E-state index contributed by atoms with van der Waals surface area (Å²) >= 11 is 7.59. The van der Waals surface area contributed by atoms with Crippen LogP contribution in [0.25, 0.3) is 0 Å². The van der Waals surface area contributed by atoms with Gasteiger partial charge in [-0.15, -0.1) is 11.3 Å². The van der Waals surface area contributed by atoms with E-state index in [9.17, 15) is 15.2 Å². The summed E-state index contributed by atoms with van der Waals surface area (Å²) in [6.45, 7) is 2.67. The Morgan fingerprint density at radius 2 is 2.48 bits per heavy atom. The van der Waals surface area contributed by atoms with Gasteiger partial charge in [0.25, 0.3) is 0 Å². The number of likely N-dealkylation sites (tertiary alicyclic amines) is 1. The van der Waals surface area contributed by atoms with E-state index < -0.39 is 11.7 Å². The number of fused-ring (bicyclic) bond motifs is 2. The molecule has 0 saturated carbocycles. The predicted molar refractivity (Wildman–Crippen MR) is 78.7 cm³/mol. The second kappa shape index (κ2) is 5.16. The quantitative estimate of drug-likeness (QED) is 0.793. The lowest BCUT2D eigenvalue weighted by Crippen LogP contribution is -2.52. The van der Waals surface area contributed by atoms with Crippen molar-refractivity contribution in [1.82, 2.24) is 4.90 Å². The summed E-state index contributed by atoms with van der Waals surface area (Å²) in [7, 11) is 0. The van der Waals surface area contributed by atoms with E-state index in [4.69, 9.17) is 16.3 Å². The first-order valence-electron chi connectivity index (χ1n) is 6.80. The van der Waals surface area contributed by atoms with Crippen LogP contribution in [0.4, 0.5) is 4.79 Å². The Balaban J connectivity index is 1.97. The van der Waals surface area contributed by atoms with Gasteiger partial charge in [0.2, 0.25) is 0 Å². The molecule has 3 atom stereocenters. The minimum Gasteiger partial charge on any atom is -0.465 e. The molecule has 1 aromatic rings. The van der Waals surface area contributed by atoms with Gasteiger partial charge in [-0.05, 0) is 25.0 Å². The molecule has 0 radical (unpaired) electrons. The van der Waals surface area contributed by atoms with Crippen LogP contribution in [0.3, 0.4) is 0 Å². The van der Waals surface area contributed by atoms with Crippen LogP contribution in [0.1, 0.15) is 36.1 Å². The molecule has 0 aromatic carbocycles. The third-order valence-electron chi connectivity index (χ3n) is 4.36. The molecule has 7 heteroatoms. The molecular formula is C14H15ClN2O3S. The minimum absolute atomic E-state index is 0.122. The van der Waals surface area contributed by atoms with Crippen LogP contribution in [0.5, 0.6) is 0 Å². The van der Waals surface area contributed by atoms with Gasteiger partial charge in [0, 0.05) is 23.9 Å². The maximum absolute atomic E-state index is 11.2. The zero-order valence-electron chi connectivity index (χ0n) is 11.5. The average molecular weight is 327 g/mol. The van der Waals surface area contributed by atoms with Crippen molar-refractivity contribution in [2.75, 3.05) is 13.2 Å². The molecule has 2 aliphatic heterocycles. The lowest BCUT2D eigenvalue weighted by Gasteiger charge is -2.46. The number of carbonyl (C=O) groups is 1. The molecule has 2 unspecified atom stereocenters. The molecule has 1 amide bonds. The number of nitriles is 1. The van der Waals surface area contributed by atoms with Gasteiger partial charge < -0.3 is 14.7 Å². The molecule has 0 aliphatic carbocycles. The van der Waals surface area contributed by atoms with Crippen molar-refractivity contribution in [2.45, 2.75) is 37.3 Å². The average Bonchev–Trinajstić information content (AvgIpc) is 2.82. The van der Waals surface area contributed by atoms with Crippen molar-refractivity contribution in [3.63, 3.8) is 0 Å². The number of piperidine rings is 1. The molecule has 1 spiro atoms. The lowest BCUT2D eigenvalue weighted by atomic mass is 9.80. The standard InChI is InChI=1S/C14H15ClN2O3S/c1-8-5-14(2-3-17(8)13(18)19)12-10(4-11(15)21-12)9(6-16)7-20-14/h4,8-9H,2-3,5,7H2,1H3,(H,18,19)/t8-,9?,14?/m0/s1. The second-order valence-corrected chi connectivity index (χ2v) is 7.28. The van der Waals surface area contributed by atoms with Gasteiger partial charge in [0.15, 0.2) is 0 Å².